The lowest BCUT2D eigenvalue weighted by molar-refractivity contribution is -0.119. The van der Waals surface area contributed by atoms with E-state index in [-0.39, 0.29) is 29.4 Å². The van der Waals surface area contributed by atoms with E-state index in [9.17, 15) is 22.8 Å². The summed E-state index contributed by atoms with van der Waals surface area (Å²) < 4.78 is 23.2. The molecule has 0 N–H and O–H groups in total. The molecule has 1 atom stereocenters. The number of hydrogen-bond acceptors (Lipinski definition) is 5. The minimum Gasteiger partial charge on any atom is -0.342 e. The van der Waals surface area contributed by atoms with Gasteiger partial charge in [0.15, 0.2) is 9.84 Å². The zero-order chi connectivity index (χ0) is 19.6. The number of nitrogens with zero attached hydrogens (tertiary/aromatic N) is 3. The third-order valence-corrected chi connectivity index (χ3v) is 6.96. The van der Waals surface area contributed by atoms with Gasteiger partial charge in [-0.2, -0.15) is 0 Å². The van der Waals surface area contributed by atoms with Crippen molar-refractivity contribution < 1.29 is 22.8 Å². The monoisotopic (exact) mass is 393 g/mol. The molecule has 2 fully saturated rings. The Bertz CT molecular complexity index is 829. The molecule has 0 saturated carbocycles. The zero-order valence-corrected chi connectivity index (χ0v) is 16.0. The Morgan fingerprint density at radius 3 is 2.19 bits per heavy atom. The van der Waals surface area contributed by atoms with Crippen LogP contribution in [0.5, 0.6) is 0 Å². The highest BCUT2D eigenvalue weighted by atomic mass is 32.2. The van der Waals surface area contributed by atoms with Crippen LogP contribution in [-0.2, 0) is 14.6 Å². The van der Waals surface area contributed by atoms with E-state index in [1.54, 1.807) is 41.1 Å². The molecule has 2 heterocycles. The summed E-state index contributed by atoms with van der Waals surface area (Å²) in [6.07, 6.45) is 1.24. The Hall–Kier alpha value is -2.42. The van der Waals surface area contributed by atoms with Gasteiger partial charge in [0.25, 0.3) is 11.8 Å². The van der Waals surface area contributed by atoms with E-state index in [0.29, 0.717) is 43.7 Å². The fourth-order valence-electron chi connectivity index (χ4n) is 3.42. The maximum Gasteiger partial charge on any atom is 0.253 e. The maximum atomic E-state index is 12.6. The summed E-state index contributed by atoms with van der Waals surface area (Å²) in [5, 5.41) is 0. The molecule has 8 nitrogen and oxygen atoms in total. The molecule has 1 aromatic rings. The molecule has 3 rings (SSSR count). The lowest BCUT2D eigenvalue weighted by Crippen LogP contribution is -2.48. The highest BCUT2D eigenvalue weighted by molar-refractivity contribution is 7.91. The fraction of sp³-hybridized carbons (Fsp3) is 0.500. The van der Waals surface area contributed by atoms with Crippen LogP contribution in [0.3, 0.4) is 0 Å². The average Bonchev–Trinajstić information content (AvgIpc) is 3.06. The first-order chi connectivity index (χ1) is 12.8. The van der Waals surface area contributed by atoms with Crippen molar-refractivity contribution in [3.05, 3.63) is 35.4 Å². The number of piperazine rings is 1. The second-order valence-corrected chi connectivity index (χ2v) is 9.21. The molecule has 27 heavy (non-hydrogen) atoms. The first kappa shape index (κ1) is 19.3. The molecule has 146 valence electrons. The lowest BCUT2D eigenvalue weighted by atomic mass is 10.1. The summed E-state index contributed by atoms with van der Waals surface area (Å²) in [6, 6.07) is 6.11. The molecule has 2 aliphatic rings. The van der Waals surface area contributed by atoms with Gasteiger partial charge in [-0.3, -0.25) is 14.4 Å². The summed E-state index contributed by atoms with van der Waals surface area (Å²) in [4.78, 5) is 40.7. The van der Waals surface area contributed by atoms with Crippen LogP contribution in [0.1, 0.15) is 27.1 Å². The normalized spacial score (nSPS) is 21.7. The molecule has 1 aromatic carbocycles. The van der Waals surface area contributed by atoms with Gasteiger partial charge < -0.3 is 14.7 Å². The van der Waals surface area contributed by atoms with Crippen LogP contribution in [-0.4, -0.2) is 92.1 Å². The maximum absolute atomic E-state index is 12.6. The van der Waals surface area contributed by atoms with E-state index in [0.717, 1.165) is 6.41 Å². The van der Waals surface area contributed by atoms with E-state index in [1.807, 2.05) is 0 Å². The van der Waals surface area contributed by atoms with Crippen molar-refractivity contribution in [3.8, 4) is 0 Å². The highest BCUT2D eigenvalue weighted by Crippen LogP contribution is 2.19. The Balaban J connectivity index is 1.63. The van der Waals surface area contributed by atoms with Gasteiger partial charge >= 0.3 is 0 Å². The summed E-state index contributed by atoms with van der Waals surface area (Å²) >= 11 is 0. The van der Waals surface area contributed by atoms with Crippen LogP contribution in [0.25, 0.3) is 0 Å². The van der Waals surface area contributed by atoms with Crippen LogP contribution < -0.4 is 0 Å². The van der Waals surface area contributed by atoms with Crippen molar-refractivity contribution in [2.45, 2.75) is 12.5 Å². The van der Waals surface area contributed by atoms with Gasteiger partial charge in [-0.15, -0.1) is 0 Å². The molecule has 2 aliphatic heterocycles. The zero-order valence-electron chi connectivity index (χ0n) is 15.2. The number of sulfone groups is 1. The fourth-order valence-corrected chi connectivity index (χ4v) is 5.19. The van der Waals surface area contributed by atoms with Gasteiger partial charge in [0, 0.05) is 50.4 Å². The topological polar surface area (TPSA) is 95.1 Å². The summed E-state index contributed by atoms with van der Waals surface area (Å²) in [6.45, 7) is 2.00. The summed E-state index contributed by atoms with van der Waals surface area (Å²) in [7, 11) is -1.45. The van der Waals surface area contributed by atoms with Crippen LogP contribution in [0, 0.1) is 0 Å². The van der Waals surface area contributed by atoms with Gasteiger partial charge in [-0.05, 0) is 30.7 Å². The lowest BCUT2D eigenvalue weighted by Gasteiger charge is -2.32. The van der Waals surface area contributed by atoms with Crippen molar-refractivity contribution in [2.24, 2.45) is 0 Å². The van der Waals surface area contributed by atoms with Crippen LogP contribution in [0.4, 0.5) is 0 Å². The van der Waals surface area contributed by atoms with E-state index < -0.39 is 9.84 Å². The number of benzene rings is 1. The van der Waals surface area contributed by atoms with Crippen molar-refractivity contribution in [2.75, 3.05) is 44.7 Å². The van der Waals surface area contributed by atoms with Gasteiger partial charge in [0.2, 0.25) is 6.41 Å². The molecule has 0 aromatic heterocycles. The quantitative estimate of drug-likeness (QED) is 0.664. The average molecular weight is 393 g/mol. The Morgan fingerprint density at radius 2 is 1.67 bits per heavy atom. The molecule has 3 amide bonds. The highest BCUT2D eigenvalue weighted by Gasteiger charge is 2.33. The van der Waals surface area contributed by atoms with Gasteiger partial charge in [0.05, 0.1) is 11.5 Å². The van der Waals surface area contributed by atoms with Crippen LogP contribution in [0.15, 0.2) is 24.3 Å². The number of amides is 3. The third kappa shape index (κ3) is 4.29. The number of carbonyl (C=O) groups excluding carboxylic acids is 3. The Labute approximate surface area is 158 Å². The predicted octanol–water partition coefficient (Wildman–Crippen LogP) is -0.140. The smallest absolute Gasteiger partial charge is 0.253 e. The van der Waals surface area contributed by atoms with Crippen molar-refractivity contribution >= 4 is 28.1 Å². The predicted molar refractivity (Wildman–Crippen MR) is 99.1 cm³/mol. The molecule has 2 saturated heterocycles. The number of hydrogen-bond donors (Lipinski definition) is 0. The first-order valence-electron chi connectivity index (χ1n) is 8.87. The van der Waals surface area contributed by atoms with E-state index in [2.05, 4.69) is 0 Å². The van der Waals surface area contributed by atoms with Gasteiger partial charge in [-0.1, -0.05) is 0 Å². The van der Waals surface area contributed by atoms with Gasteiger partial charge in [-0.25, -0.2) is 8.42 Å². The minimum atomic E-state index is -3.06. The number of carbonyl (C=O) groups is 3. The molecule has 1 unspecified atom stereocenters. The molecule has 0 radical (unpaired) electrons. The second kappa shape index (κ2) is 7.67. The second-order valence-electron chi connectivity index (χ2n) is 6.98. The molecule has 0 bridgehead atoms. The molecule has 0 spiro atoms. The number of rotatable bonds is 4. The van der Waals surface area contributed by atoms with Crippen molar-refractivity contribution in [3.63, 3.8) is 0 Å². The molecular weight excluding hydrogens is 370 g/mol. The van der Waals surface area contributed by atoms with Crippen molar-refractivity contribution in [1.82, 2.24) is 14.7 Å². The van der Waals surface area contributed by atoms with E-state index in [4.69, 9.17) is 0 Å². The molecule has 9 heteroatoms. The molecule has 0 aliphatic carbocycles. The van der Waals surface area contributed by atoms with Crippen LogP contribution >= 0.6 is 0 Å². The summed E-state index contributed by atoms with van der Waals surface area (Å²) in [5.41, 5.74) is 0.904. The first-order valence-corrected chi connectivity index (χ1v) is 10.7. The largest absolute Gasteiger partial charge is 0.342 e. The van der Waals surface area contributed by atoms with Gasteiger partial charge in [0.1, 0.15) is 0 Å². The Morgan fingerprint density at radius 1 is 1.07 bits per heavy atom. The Kier molecular flexibility index (Phi) is 5.50. The standard InChI is InChI=1S/C18H23N3O5S/c1-19(16-6-11-27(25,26)12-16)17(23)14-2-4-15(5-3-14)18(24)21-9-7-20(13-22)8-10-21/h2-5,13,16H,6-12H2,1H3. The third-order valence-electron chi connectivity index (χ3n) is 5.21. The minimum absolute atomic E-state index is 0.00141. The van der Waals surface area contributed by atoms with E-state index >= 15 is 0 Å². The van der Waals surface area contributed by atoms with E-state index in [1.165, 1.54) is 4.90 Å². The van der Waals surface area contributed by atoms with Crippen LogP contribution in [0.2, 0.25) is 0 Å². The van der Waals surface area contributed by atoms with Crippen molar-refractivity contribution in [1.29, 1.82) is 0 Å². The SMILES string of the molecule is CN(C(=O)c1ccc(C(=O)N2CCN(C=O)CC2)cc1)C1CCS(=O)(=O)C1. The molecular formula is C18H23N3O5S. The summed E-state index contributed by atoms with van der Waals surface area (Å²) in [5.74, 6) is -0.274.